The number of ether oxygens (including phenoxy) is 2. The molecule has 0 fully saturated rings. The van der Waals surface area contributed by atoms with E-state index in [2.05, 4.69) is 15.2 Å². The zero-order chi connectivity index (χ0) is 20.9. The molecule has 0 bridgehead atoms. The number of methoxy groups -OCH3 is 2. The molecular formula is C21H22N4O3S2. The molecule has 1 aliphatic heterocycles. The number of carbonyl (C=O) groups is 1. The van der Waals surface area contributed by atoms with Crippen molar-refractivity contribution in [2.75, 3.05) is 26.5 Å². The van der Waals surface area contributed by atoms with Crippen LogP contribution in [0, 0.1) is 0 Å². The van der Waals surface area contributed by atoms with Crippen LogP contribution in [0.5, 0.6) is 11.5 Å². The lowest BCUT2D eigenvalue weighted by Gasteiger charge is -2.29. The van der Waals surface area contributed by atoms with E-state index in [1.54, 1.807) is 25.6 Å². The third-order valence-corrected chi connectivity index (χ3v) is 6.50. The van der Waals surface area contributed by atoms with Crippen LogP contribution in [0.4, 0.5) is 0 Å². The molecule has 3 aromatic rings. The summed E-state index contributed by atoms with van der Waals surface area (Å²) in [5.74, 6) is 2.45. The van der Waals surface area contributed by atoms with Gasteiger partial charge in [-0.05, 0) is 53.3 Å². The maximum atomic E-state index is 12.7. The molecule has 9 heteroatoms. The Morgan fingerprint density at radius 1 is 1.27 bits per heavy atom. The molecule has 0 saturated heterocycles. The Balaban J connectivity index is 1.34. The minimum Gasteiger partial charge on any atom is -0.493 e. The molecule has 1 N–H and O–H groups in total. The van der Waals surface area contributed by atoms with Crippen LogP contribution in [-0.2, 0) is 17.8 Å². The van der Waals surface area contributed by atoms with E-state index >= 15 is 0 Å². The van der Waals surface area contributed by atoms with Gasteiger partial charge in [0.15, 0.2) is 11.5 Å². The number of aromatic amines is 1. The predicted octanol–water partition coefficient (Wildman–Crippen LogP) is 3.73. The fourth-order valence-corrected chi connectivity index (χ4v) is 4.58. The highest BCUT2D eigenvalue weighted by molar-refractivity contribution is 7.99. The number of benzene rings is 1. The number of rotatable bonds is 7. The number of nitrogens with zero attached hydrogens (tertiary/aromatic N) is 3. The van der Waals surface area contributed by atoms with E-state index in [9.17, 15) is 4.79 Å². The van der Waals surface area contributed by atoms with E-state index < -0.39 is 0 Å². The van der Waals surface area contributed by atoms with Gasteiger partial charge in [0.1, 0.15) is 5.82 Å². The molecule has 0 aliphatic carbocycles. The van der Waals surface area contributed by atoms with Crippen LogP contribution >= 0.6 is 23.1 Å². The predicted molar refractivity (Wildman–Crippen MR) is 119 cm³/mol. The van der Waals surface area contributed by atoms with Gasteiger partial charge in [0.2, 0.25) is 11.1 Å². The number of thioether (sulfide) groups is 1. The number of carbonyl (C=O) groups excluding carboxylic acids is 1. The molecule has 7 nitrogen and oxygen atoms in total. The van der Waals surface area contributed by atoms with Gasteiger partial charge in [-0.2, -0.15) is 0 Å². The molecule has 0 spiro atoms. The topological polar surface area (TPSA) is 80.3 Å². The number of H-pyrrole nitrogens is 1. The first kappa shape index (κ1) is 20.5. The maximum Gasteiger partial charge on any atom is 0.233 e. The smallest absolute Gasteiger partial charge is 0.233 e. The van der Waals surface area contributed by atoms with Crippen molar-refractivity contribution in [3.63, 3.8) is 0 Å². The van der Waals surface area contributed by atoms with E-state index in [-0.39, 0.29) is 5.91 Å². The molecule has 2 aromatic heterocycles. The van der Waals surface area contributed by atoms with Crippen LogP contribution in [0.25, 0.3) is 12.2 Å². The van der Waals surface area contributed by atoms with Crippen molar-refractivity contribution in [2.24, 2.45) is 0 Å². The largest absolute Gasteiger partial charge is 0.493 e. The summed E-state index contributed by atoms with van der Waals surface area (Å²) in [5, 5.41) is 9.68. The van der Waals surface area contributed by atoms with Crippen LogP contribution in [0.2, 0.25) is 0 Å². The molecule has 1 aliphatic rings. The van der Waals surface area contributed by atoms with Crippen molar-refractivity contribution in [3.8, 4) is 11.5 Å². The van der Waals surface area contributed by atoms with Gasteiger partial charge in [-0.1, -0.05) is 17.8 Å². The number of thiophene rings is 1. The Labute approximate surface area is 183 Å². The highest BCUT2D eigenvalue weighted by Crippen LogP contribution is 2.33. The van der Waals surface area contributed by atoms with Crippen molar-refractivity contribution >= 4 is 41.2 Å². The third kappa shape index (κ3) is 4.68. The lowest BCUT2D eigenvalue weighted by molar-refractivity contribution is -0.129. The monoisotopic (exact) mass is 442 g/mol. The highest BCUT2D eigenvalue weighted by atomic mass is 32.2. The van der Waals surface area contributed by atoms with Crippen molar-refractivity contribution in [1.29, 1.82) is 0 Å². The molecular weight excluding hydrogens is 420 g/mol. The molecule has 30 heavy (non-hydrogen) atoms. The number of hydrogen-bond donors (Lipinski definition) is 1. The standard InChI is InChI=1S/C21H22N4O3S2/c1-27-17-10-14-7-8-25(12-15(14)11-18(17)28-2)20(26)13-30-21-22-19(23-24-21)6-5-16-4-3-9-29-16/h3-6,9-11H,7-8,12-13H2,1-2H3,(H,22,23,24)/b6-5+. The van der Waals surface area contributed by atoms with Gasteiger partial charge in [0.25, 0.3) is 0 Å². The summed E-state index contributed by atoms with van der Waals surface area (Å²) >= 11 is 3.00. The first-order chi connectivity index (χ1) is 14.7. The van der Waals surface area contributed by atoms with Crippen LogP contribution in [0.15, 0.2) is 34.8 Å². The van der Waals surface area contributed by atoms with Crippen molar-refractivity contribution in [3.05, 3.63) is 51.5 Å². The molecule has 4 rings (SSSR count). The Kier molecular flexibility index (Phi) is 6.39. The lowest BCUT2D eigenvalue weighted by atomic mass is 9.99. The van der Waals surface area contributed by atoms with Crippen LogP contribution < -0.4 is 9.47 Å². The summed E-state index contributed by atoms with van der Waals surface area (Å²) < 4.78 is 10.8. The SMILES string of the molecule is COc1cc2c(cc1OC)CN(C(=O)CSc1n[nH]c(/C=C/c3cccs3)n1)CC2. The summed E-state index contributed by atoms with van der Waals surface area (Å²) in [5.41, 5.74) is 2.29. The fourth-order valence-electron chi connectivity index (χ4n) is 3.26. The van der Waals surface area contributed by atoms with E-state index in [1.807, 2.05) is 46.7 Å². The Morgan fingerprint density at radius 3 is 2.80 bits per heavy atom. The zero-order valence-corrected chi connectivity index (χ0v) is 18.4. The molecule has 1 amide bonds. The third-order valence-electron chi connectivity index (χ3n) is 4.83. The molecule has 0 radical (unpaired) electrons. The summed E-state index contributed by atoms with van der Waals surface area (Å²) in [6.45, 7) is 1.25. The fraction of sp³-hybridized carbons (Fsp3) is 0.286. The van der Waals surface area contributed by atoms with Crippen molar-refractivity contribution in [1.82, 2.24) is 20.1 Å². The average Bonchev–Trinajstić information content (AvgIpc) is 3.46. The first-order valence-electron chi connectivity index (χ1n) is 9.44. The summed E-state index contributed by atoms with van der Waals surface area (Å²) in [4.78, 5) is 20.2. The summed E-state index contributed by atoms with van der Waals surface area (Å²) in [6.07, 6.45) is 4.66. The quantitative estimate of drug-likeness (QED) is 0.562. The van der Waals surface area contributed by atoms with E-state index in [0.717, 1.165) is 22.6 Å². The molecule has 0 unspecified atom stereocenters. The normalized spacial score (nSPS) is 13.5. The second kappa shape index (κ2) is 9.36. The lowest BCUT2D eigenvalue weighted by Crippen LogP contribution is -2.37. The number of nitrogens with one attached hydrogen (secondary N) is 1. The second-order valence-electron chi connectivity index (χ2n) is 6.68. The molecule has 0 saturated carbocycles. The van der Waals surface area contributed by atoms with Gasteiger partial charge in [-0.25, -0.2) is 4.98 Å². The van der Waals surface area contributed by atoms with E-state index in [4.69, 9.17) is 9.47 Å². The van der Waals surface area contributed by atoms with Gasteiger partial charge in [-0.15, -0.1) is 16.4 Å². The highest BCUT2D eigenvalue weighted by Gasteiger charge is 2.23. The van der Waals surface area contributed by atoms with E-state index in [1.165, 1.54) is 17.3 Å². The Hall–Kier alpha value is -2.78. The molecule has 3 heterocycles. The van der Waals surface area contributed by atoms with Crippen LogP contribution in [0.1, 0.15) is 21.8 Å². The molecule has 0 atom stereocenters. The molecule has 1 aromatic carbocycles. The maximum absolute atomic E-state index is 12.7. The van der Waals surface area contributed by atoms with Gasteiger partial charge < -0.3 is 14.4 Å². The van der Waals surface area contributed by atoms with Crippen molar-refractivity contribution in [2.45, 2.75) is 18.1 Å². The first-order valence-corrected chi connectivity index (χ1v) is 11.3. The Bertz CT molecular complexity index is 1050. The average molecular weight is 443 g/mol. The summed E-state index contributed by atoms with van der Waals surface area (Å²) in [7, 11) is 3.25. The van der Waals surface area contributed by atoms with E-state index in [0.29, 0.717) is 35.6 Å². The second-order valence-corrected chi connectivity index (χ2v) is 8.60. The summed E-state index contributed by atoms with van der Waals surface area (Å²) in [6, 6.07) is 8.00. The van der Waals surface area contributed by atoms with Gasteiger partial charge >= 0.3 is 0 Å². The number of amides is 1. The number of fused-ring (bicyclic) bond motifs is 1. The minimum absolute atomic E-state index is 0.0703. The number of aromatic nitrogens is 3. The van der Waals surface area contributed by atoms with Crippen molar-refractivity contribution < 1.29 is 14.3 Å². The molecule has 156 valence electrons. The van der Waals surface area contributed by atoms with Gasteiger partial charge in [-0.3, -0.25) is 9.89 Å². The van der Waals surface area contributed by atoms with Gasteiger partial charge in [0.05, 0.1) is 20.0 Å². The van der Waals surface area contributed by atoms with Crippen LogP contribution in [0.3, 0.4) is 0 Å². The number of hydrogen-bond acceptors (Lipinski definition) is 7. The van der Waals surface area contributed by atoms with Gasteiger partial charge in [0, 0.05) is 18.0 Å². The zero-order valence-electron chi connectivity index (χ0n) is 16.8. The Morgan fingerprint density at radius 2 is 2.07 bits per heavy atom. The van der Waals surface area contributed by atoms with Crippen LogP contribution in [-0.4, -0.2) is 52.5 Å². The minimum atomic E-state index is 0.0703.